The molecule has 2 aromatic rings. The lowest BCUT2D eigenvalue weighted by molar-refractivity contribution is 0.146. The first kappa shape index (κ1) is 16.8. The number of aryl methyl sites for hydroxylation is 1. The number of fused-ring (bicyclic) bond motifs is 1. The average Bonchev–Trinajstić information content (AvgIpc) is 2.47. The molecule has 0 unspecified atom stereocenters. The Morgan fingerprint density at radius 1 is 1.00 bits per heavy atom. The van der Waals surface area contributed by atoms with Crippen molar-refractivity contribution < 1.29 is 9.47 Å². The van der Waals surface area contributed by atoms with Gasteiger partial charge in [0.2, 0.25) is 0 Å². The highest BCUT2D eigenvalue weighted by Crippen LogP contribution is 2.28. The van der Waals surface area contributed by atoms with Crippen molar-refractivity contribution in [2.45, 2.75) is 39.5 Å². The molecule has 0 N–H and O–H groups in total. The minimum atomic E-state index is 0.591. The predicted octanol–water partition coefficient (Wildman–Crippen LogP) is 5.37. The van der Waals surface area contributed by atoms with E-state index in [1.807, 2.05) is 6.07 Å². The second-order valence-corrected chi connectivity index (χ2v) is 6.06. The lowest BCUT2D eigenvalue weighted by Gasteiger charge is -2.22. The summed E-state index contributed by atoms with van der Waals surface area (Å²) < 4.78 is 10.5. The molecule has 0 amide bonds. The summed E-state index contributed by atoms with van der Waals surface area (Å²) in [6.45, 7) is 5.59. The van der Waals surface area contributed by atoms with E-state index in [1.165, 1.54) is 42.0 Å². The second-order valence-electron chi connectivity index (χ2n) is 6.06. The molecule has 2 nitrogen and oxygen atoms in total. The van der Waals surface area contributed by atoms with Crippen LogP contribution >= 0.6 is 0 Å². The maximum atomic E-state index is 5.56. The summed E-state index contributed by atoms with van der Waals surface area (Å²) in [6.07, 6.45) is 5.94. The van der Waals surface area contributed by atoms with E-state index < -0.39 is 0 Å². The maximum absolute atomic E-state index is 5.56. The van der Waals surface area contributed by atoms with Crippen LogP contribution in [0.2, 0.25) is 0 Å². The third-order valence-corrected chi connectivity index (χ3v) is 4.33. The fourth-order valence-electron chi connectivity index (χ4n) is 2.58. The van der Waals surface area contributed by atoms with Gasteiger partial charge in [-0.2, -0.15) is 0 Å². The number of methoxy groups -OCH3 is 1. The van der Waals surface area contributed by atoms with Gasteiger partial charge in [0.15, 0.2) is 0 Å². The minimum absolute atomic E-state index is 0.591. The SMILES string of the molecule is CCC1CCC1.COCCOc1ccc2cc(C)ccc2c1. The molecule has 1 aliphatic rings. The molecular weight excluding hydrogens is 272 g/mol. The van der Waals surface area contributed by atoms with Crippen molar-refractivity contribution in [3.63, 3.8) is 0 Å². The first-order valence-corrected chi connectivity index (χ1v) is 8.35. The van der Waals surface area contributed by atoms with E-state index in [-0.39, 0.29) is 0 Å². The molecule has 1 saturated carbocycles. The molecule has 0 aliphatic heterocycles. The number of benzene rings is 2. The molecule has 0 radical (unpaired) electrons. The van der Waals surface area contributed by atoms with Gasteiger partial charge in [-0.3, -0.25) is 0 Å². The van der Waals surface area contributed by atoms with Gasteiger partial charge in [-0.1, -0.05) is 62.4 Å². The molecule has 3 rings (SSSR count). The van der Waals surface area contributed by atoms with Gasteiger partial charge in [0.05, 0.1) is 6.61 Å². The van der Waals surface area contributed by atoms with Crippen LogP contribution in [0.4, 0.5) is 0 Å². The highest BCUT2D eigenvalue weighted by Gasteiger charge is 2.13. The molecule has 0 atom stereocenters. The Hall–Kier alpha value is -1.54. The first-order chi connectivity index (χ1) is 10.7. The Kier molecular flexibility index (Phi) is 6.73. The van der Waals surface area contributed by atoms with Crippen molar-refractivity contribution in [3.05, 3.63) is 42.0 Å². The Morgan fingerprint density at radius 3 is 2.32 bits per heavy atom. The van der Waals surface area contributed by atoms with E-state index in [4.69, 9.17) is 9.47 Å². The van der Waals surface area contributed by atoms with Crippen LogP contribution in [0.15, 0.2) is 36.4 Å². The topological polar surface area (TPSA) is 18.5 Å². The van der Waals surface area contributed by atoms with Gasteiger partial charge in [0.1, 0.15) is 12.4 Å². The van der Waals surface area contributed by atoms with Gasteiger partial charge in [-0.25, -0.2) is 0 Å². The van der Waals surface area contributed by atoms with Crippen LogP contribution < -0.4 is 4.74 Å². The zero-order valence-electron chi connectivity index (χ0n) is 14.1. The van der Waals surface area contributed by atoms with E-state index in [0.717, 1.165) is 11.7 Å². The number of hydrogen-bond acceptors (Lipinski definition) is 2. The van der Waals surface area contributed by atoms with Crippen molar-refractivity contribution in [1.82, 2.24) is 0 Å². The highest BCUT2D eigenvalue weighted by molar-refractivity contribution is 5.84. The largest absolute Gasteiger partial charge is 0.491 e. The normalized spacial score (nSPS) is 14.1. The molecule has 0 spiro atoms. The third kappa shape index (κ3) is 5.03. The van der Waals surface area contributed by atoms with Crippen LogP contribution in [-0.4, -0.2) is 20.3 Å². The molecular formula is C20H28O2. The lowest BCUT2D eigenvalue weighted by Crippen LogP contribution is -2.08. The van der Waals surface area contributed by atoms with Crippen LogP contribution in [0.25, 0.3) is 10.8 Å². The zero-order valence-corrected chi connectivity index (χ0v) is 14.1. The molecule has 1 aliphatic carbocycles. The Balaban J connectivity index is 0.000000246. The molecule has 0 saturated heterocycles. The van der Waals surface area contributed by atoms with Gasteiger partial charge in [-0.05, 0) is 35.7 Å². The average molecular weight is 300 g/mol. The lowest BCUT2D eigenvalue weighted by atomic mass is 9.84. The van der Waals surface area contributed by atoms with Crippen molar-refractivity contribution in [2.24, 2.45) is 5.92 Å². The first-order valence-electron chi connectivity index (χ1n) is 8.35. The van der Waals surface area contributed by atoms with Gasteiger partial charge < -0.3 is 9.47 Å². The van der Waals surface area contributed by atoms with Crippen LogP contribution in [0.5, 0.6) is 5.75 Å². The fourth-order valence-corrected chi connectivity index (χ4v) is 2.58. The highest BCUT2D eigenvalue weighted by atomic mass is 16.5. The molecule has 22 heavy (non-hydrogen) atoms. The van der Waals surface area contributed by atoms with Crippen LogP contribution in [-0.2, 0) is 4.74 Å². The van der Waals surface area contributed by atoms with Crippen molar-refractivity contribution in [1.29, 1.82) is 0 Å². The van der Waals surface area contributed by atoms with Gasteiger partial charge in [-0.15, -0.1) is 0 Å². The molecule has 0 bridgehead atoms. The standard InChI is InChI=1S/C14H16O2.C6H12/c1-11-3-4-13-10-14(16-8-7-15-2)6-5-12(13)9-11;1-2-6-4-3-5-6/h3-6,9-10H,7-8H2,1-2H3;6H,2-5H2,1H3. The minimum Gasteiger partial charge on any atom is -0.491 e. The van der Waals surface area contributed by atoms with Gasteiger partial charge in [0, 0.05) is 7.11 Å². The fraction of sp³-hybridized carbons (Fsp3) is 0.500. The van der Waals surface area contributed by atoms with E-state index in [0.29, 0.717) is 13.2 Å². The molecule has 0 heterocycles. The van der Waals surface area contributed by atoms with E-state index in [9.17, 15) is 0 Å². The van der Waals surface area contributed by atoms with Gasteiger partial charge in [0.25, 0.3) is 0 Å². The van der Waals surface area contributed by atoms with Crippen LogP contribution in [0.3, 0.4) is 0 Å². The van der Waals surface area contributed by atoms with Crippen molar-refractivity contribution >= 4 is 10.8 Å². The van der Waals surface area contributed by atoms with Crippen LogP contribution in [0.1, 0.15) is 38.2 Å². The Labute approximate surface area is 134 Å². The van der Waals surface area contributed by atoms with E-state index >= 15 is 0 Å². The molecule has 2 heteroatoms. The Bertz CT molecular complexity index is 570. The van der Waals surface area contributed by atoms with E-state index in [2.05, 4.69) is 44.2 Å². The van der Waals surface area contributed by atoms with Crippen LogP contribution in [0, 0.1) is 12.8 Å². The summed E-state index contributed by atoms with van der Waals surface area (Å²) in [6, 6.07) is 12.6. The summed E-state index contributed by atoms with van der Waals surface area (Å²) >= 11 is 0. The molecule has 0 aromatic heterocycles. The number of rotatable bonds is 5. The van der Waals surface area contributed by atoms with Gasteiger partial charge >= 0.3 is 0 Å². The summed E-state index contributed by atoms with van der Waals surface area (Å²) in [7, 11) is 1.67. The van der Waals surface area contributed by atoms with Crippen molar-refractivity contribution in [3.8, 4) is 5.75 Å². The smallest absolute Gasteiger partial charge is 0.120 e. The van der Waals surface area contributed by atoms with E-state index in [1.54, 1.807) is 7.11 Å². The maximum Gasteiger partial charge on any atom is 0.120 e. The summed E-state index contributed by atoms with van der Waals surface area (Å²) in [4.78, 5) is 0. The van der Waals surface area contributed by atoms with Crippen molar-refractivity contribution in [2.75, 3.05) is 20.3 Å². The summed E-state index contributed by atoms with van der Waals surface area (Å²) in [5.74, 6) is 2.01. The monoisotopic (exact) mass is 300 g/mol. The quantitative estimate of drug-likeness (QED) is 0.691. The second kappa shape index (κ2) is 8.79. The zero-order chi connectivity index (χ0) is 15.8. The molecule has 1 fully saturated rings. The predicted molar refractivity (Wildman–Crippen MR) is 93.7 cm³/mol. The summed E-state index contributed by atoms with van der Waals surface area (Å²) in [5, 5.41) is 2.46. The number of hydrogen-bond donors (Lipinski definition) is 0. The molecule has 120 valence electrons. The Morgan fingerprint density at radius 2 is 1.73 bits per heavy atom. The third-order valence-electron chi connectivity index (χ3n) is 4.33. The number of ether oxygens (including phenoxy) is 2. The molecule has 2 aromatic carbocycles. The summed E-state index contributed by atoms with van der Waals surface area (Å²) in [5.41, 5.74) is 1.28.